The molecule has 5 unspecified atom stereocenters. The third kappa shape index (κ3) is 2.74. The molecule has 4 rings (SSSR count). The fraction of sp³-hybridized carbons (Fsp3) is 0.750. The summed E-state index contributed by atoms with van der Waals surface area (Å²) in [5.41, 5.74) is 5.52. The minimum atomic E-state index is 0. The molecule has 0 heteroatoms. The van der Waals surface area contributed by atoms with Crippen LogP contribution in [0.1, 0.15) is 95.2 Å². The van der Waals surface area contributed by atoms with Gasteiger partial charge >= 0.3 is 0 Å². The third-order valence-electron chi connectivity index (χ3n) is 7.98. The van der Waals surface area contributed by atoms with Gasteiger partial charge in [0, 0.05) is 0 Å². The molecule has 0 heterocycles. The normalized spacial score (nSPS) is 37.1. The van der Waals surface area contributed by atoms with Crippen molar-refractivity contribution in [2.45, 2.75) is 91.9 Å². The van der Waals surface area contributed by atoms with Crippen LogP contribution in [0.15, 0.2) is 18.2 Å². The number of hydrogen-bond donors (Lipinski definition) is 0. The van der Waals surface area contributed by atoms with Crippen molar-refractivity contribution >= 4 is 0 Å². The second kappa shape index (κ2) is 6.85. The molecular formula is C24H38. The Morgan fingerprint density at radius 1 is 1.12 bits per heavy atom. The summed E-state index contributed by atoms with van der Waals surface area (Å²) in [4.78, 5) is 0. The lowest BCUT2D eigenvalue weighted by Crippen LogP contribution is -2.42. The van der Waals surface area contributed by atoms with Gasteiger partial charge in [-0.15, -0.1) is 0 Å². The Balaban J connectivity index is 0.00000169. The van der Waals surface area contributed by atoms with E-state index < -0.39 is 0 Å². The maximum absolute atomic E-state index is 2.67. The number of hydrogen-bond acceptors (Lipinski definition) is 0. The summed E-state index contributed by atoms with van der Waals surface area (Å²) in [6.45, 7) is 7.28. The van der Waals surface area contributed by atoms with Crippen molar-refractivity contribution in [1.29, 1.82) is 0 Å². The van der Waals surface area contributed by atoms with Crippen LogP contribution in [0.4, 0.5) is 0 Å². The highest BCUT2D eigenvalue weighted by molar-refractivity contribution is 5.37. The first-order chi connectivity index (χ1) is 11.1. The Morgan fingerprint density at radius 2 is 1.96 bits per heavy atom. The molecule has 0 aliphatic heterocycles. The fourth-order valence-corrected chi connectivity index (χ4v) is 6.74. The summed E-state index contributed by atoms with van der Waals surface area (Å²) in [6, 6.07) is 7.31. The molecule has 134 valence electrons. The summed E-state index contributed by atoms with van der Waals surface area (Å²) >= 11 is 0. The van der Waals surface area contributed by atoms with Crippen molar-refractivity contribution in [2.24, 2.45) is 23.2 Å². The predicted molar refractivity (Wildman–Crippen MR) is 106 cm³/mol. The Labute approximate surface area is 150 Å². The van der Waals surface area contributed by atoms with E-state index in [0.29, 0.717) is 5.41 Å². The quantitative estimate of drug-likeness (QED) is 0.547. The monoisotopic (exact) mass is 326 g/mol. The molecule has 3 aliphatic rings. The molecule has 0 spiro atoms. The summed E-state index contributed by atoms with van der Waals surface area (Å²) in [5, 5.41) is 0. The largest absolute Gasteiger partial charge is 0.0776 e. The van der Waals surface area contributed by atoms with E-state index in [1.807, 2.05) is 0 Å². The molecule has 0 saturated heterocycles. The van der Waals surface area contributed by atoms with E-state index >= 15 is 0 Å². The smallest absolute Gasteiger partial charge is 0.0128 e. The van der Waals surface area contributed by atoms with Crippen LogP contribution < -0.4 is 0 Å². The van der Waals surface area contributed by atoms with Gasteiger partial charge in [0.15, 0.2) is 0 Å². The molecule has 1 aromatic carbocycles. The van der Waals surface area contributed by atoms with Gasteiger partial charge in [-0.2, -0.15) is 0 Å². The SMILES string of the molecule is C.CCCCC1CCC2C3CCc4cc(C)ccc4C3CCC12C. The average Bonchev–Trinajstić information content (AvgIpc) is 2.89. The Bertz CT molecular complexity index is 571. The van der Waals surface area contributed by atoms with Gasteiger partial charge in [-0.1, -0.05) is 57.9 Å². The number of rotatable bonds is 3. The van der Waals surface area contributed by atoms with Crippen molar-refractivity contribution in [3.8, 4) is 0 Å². The summed E-state index contributed by atoms with van der Waals surface area (Å²) in [5.74, 6) is 3.89. The first kappa shape index (κ1) is 18.0. The van der Waals surface area contributed by atoms with E-state index in [1.54, 1.807) is 11.1 Å². The van der Waals surface area contributed by atoms with Crippen molar-refractivity contribution in [3.63, 3.8) is 0 Å². The van der Waals surface area contributed by atoms with Crippen molar-refractivity contribution in [3.05, 3.63) is 34.9 Å². The van der Waals surface area contributed by atoms with Gasteiger partial charge < -0.3 is 0 Å². The molecule has 2 fully saturated rings. The van der Waals surface area contributed by atoms with Crippen LogP contribution in [0.2, 0.25) is 0 Å². The van der Waals surface area contributed by atoms with E-state index in [-0.39, 0.29) is 7.43 Å². The van der Waals surface area contributed by atoms with Crippen LogP contribution in [0, 0.1) is 30.1 Å². The van der Waals surface area contributed by atoms with Gasteiger partial charge in [0.25, 0.3) is 0 Å². The maximum atomic E-state index is 2.67. The number of benzene rings is 1. The lowest BCUT2D eigenvalue weighted by atomic mass is 9.54. The zero-order valence-electron chi connectivity index (χ0n) is 15.4. The Hall–Kier alpha value is -0.780. The van der Waals surface area contributed by atoms with Crippen LogP contribution in [0.25, 0.3) is 0 Å². The van der Waals surface area contributed by atoms with Gasteiger partial charge in [-0.25, -0.2) is 0 Å². The highest BCUT2D eigenvalue weighted by Crippen LogP contribution is 2.63. The second-order valence-electron chi connectivity index (χ2n) is 9.08. The van der Waals surface area contributed by atoms with Crippen LogP contribution in [0.3, 0.4) is 0 Å². The van der Waals surface area contributed by atoms with Crippen LogP contribution in [-0.2, 0) is 6.42 Å². The lowest BCUT2D eigenvalue weighted by Gasteiger charge is -2.51. The van der Waals surface area contributed by atoms with Gasteiger partial charge in [-0.05, 0) is 92.1 Å². The molecule has 24 heavy (non-hydrogen) atoms. The fourth-order valence-electron chi connectivity index (χ4n) is 6.74. The summed E-state index contributed by atoms with van der Waals surface area (Å²) < 4.78 is 0. The molecule has 3 aliphatic carbocycles. The first-order valence-electron chi connectivity index (χ1n) is 10.2. The van der Waals surface area contributed by atoms with Crippen molar-refractivity contribution < 1.29 is 0 Å². The molecule has 1 aromatic rings. The summed E-state index contributed by atoms with van der Waals surface area (Å²) in [6.07, 6.45) is 13.1. The summed E-state index contributed by atoms with van der Waals surface area (Å²) in [7, 11) is 0. The molecule has 0 bridgehead atoms. The molecule has 0 aromatic heterocycles. The van der Waals surface area contributed by atoms with Gasteiger partial charge in [0.1, 0.15) is 0 Å². The molecule has 2 saturated carbocycles. The second-order valence-corrected chi connectivity index (χ2v) is 9.08. The maximum Gasteiger partial charge on any atom is -0.0128 e. The number of unbranched alkanes of at least 4 members (excludes halogenated alkanes) is 1. The average molecular weight is 327 g/mol. The molecular weight excluding hydrogens is 288 g/mol. The van der Waals surface area contributed by atoms with E-state index in [2.05, 4.69) is 39.0 Å². The molecule has 0 nitrogen and oxygen atoms in total. The van der Waals surface area contributed by atoms with Crippen molar-refractivity contribution in [2.75, 3.05) is 0 Å². The Kier molecular flexibility index (Phi) is 5.14. The van der Waals surface area contributed by atoms with Gasteiger partial charge in [0.05, 0.1) is 0 Å². The van der Waals surface area contributed by atoms with Crippen molar-refractivity contribution in [1.82, 2.24) is 0 Å². The number of aryl methyl sites for hydroxylation is 2. The zero-order valence-corrected chi connectivity index (χ0v) is 15.4. The van der Waals surface area contributed by atoms with Gasteiger partial charge in [-0.3, -0.25) is 0 Å². The molecule has 0 amide bonds. The van der Waals surface area contributed by atoms with Gasteiger partial charge in [0.2, 0.25) is 0 Å². The number of fused-ring (bicyclic) bond motifs is 5. The van der Waals surface area contributed by atoms with Crippen LogP contribution in [-0.4, -0.2) is 0 Å². The predicted octanol–water partition coefficient (Wildman–Crippen LogP) is 7.29. The van der Waals surface area contributed by atoms with E-state index in [1.165, 1.54) is 63.4 Å². The van der Waals surface area contributed by atoms with Crippen LogP contribution in [0.5, 0.6) is 0 Å². The minimum Gasteiger partial charge on any atom is -0.0776 e. The van der Waals surface area contributed by atoms with E-state index in [9.17, 15) is 0 Å². The standard InChI is InChI=1S/C23H34.CH4/c1-4-5-6-18-9-12-22-21-11-8-17-15-16(2)7-10-19(17)20(21)13-14-23(18,22)3;/h7,10,15,18,20-22H,4-6,8-9,11-14H2,1-3H3;1H4. The van der Waals surface area contributed by atoms with E-state index in [4.69, 9.17) is 0 Å². The molecule has 0 radical (unpaired) electrons. The molecule has 0 N–H and O–H groups in total. The highest BCUT2D eigenvalue weighted by atomic mass is 14.6. The van der Waals surface area contributed by atoms with Crippen LogP contribution >= 0.6 is 0 Å². The topological polar surface area (TPSA) is 0 Å². The van der Waals surface area contributed by atoms with E-state index in [0.717, 1.165) is 23.7 Å². The Morgan fingerprint density at radius 3 is 2.75 bits per heavy atom. The third-order valence-corrected chi connectivity index (χ3v) is 7.98. The highest BCUT2D eigenvalue weighted by Gasteiger charge is 2.54. The lowest BCUT2D eigenvalue weighted by molar-refractivity contribution is 0.0253. The molecule has 5 atom stereocenters. The zero-order chi connectivity index (χ0) is 16.0. The minimum absolute atomic E-state index is 0. The first-order valence-corrected chi connectivity index (χ1v) is 10.2.